The van der Waals surface area contributed by atoms with E-state index in [1.54, 1.807) is 12.1 Å². The number of ether oxygens (including phenoxy) is 1. The fourth-order valence-corrected chi connectivity index (χ4v) is 1.23. The summed E-state index contributed by atoms with van der Waals surface area (Å²) in [6.07, 6.45) is -0.776. The van der Waals surface area contributed by atoms with E-state index in [4.69, 9.17) is 27.9 Å². The van der Waals surface area contributed by atoms with Crippen molar-refractivity contribution in [3.05, 3.63) is 22.8 Å². The average molecular weight is 222 g/mol. The molecule has 1 rings (SSSR count). The Balaban J connectivity index is 3.05. The van der Waals surface area contributed by atoms with Gasteiger partial charge in [0.25, 0.3) is 0 Å². The minimum absolute atomic E-state index is 0.0969. The fourth-order valence-electron chi connectivity index (χ4n) is 0.929. The summed E-state index contributed by atoms with van der Waals surface area (Å²) in [5, 5.41) is 9.76. The molecule has 0 saturated carbocycles. The Bertz CT molecular complexity index is 293. The smallest absolute Gasteiger partial charge is 0.220 e. The molecule has 0 bridgehead atoms. The molecular weight excluding hydrogens is 213 g/mol. The topological polar surface area (TPSA) is 42.4 Å². The lowest BCUT2D eigenvalue weighted by Crippen LogP contribution is -2.03. The fraction of sp³-hybridized carbons (Fsp3) is 0.375. The van der Waals surface area contributed by atoms with Crippen molar-refractivity contribution in [1.82, 2.24) is 4.98 Å². The Morgan fingerprint density at radius 2 is 2.31 bits per heavy atom. The van der Waals surface area contributed by atoms with Gasteiger partial charge < -0.3 is 9.84 Å². The zero-order valence-electron chi connectivity index (χ0n) is 7.00. The number of aliphatic hydroxyl groups is 1. The molecule has 13 heavy (non-hydrogen) atoms. The molecule has 1 aromatic rings. The lowest BCUT2D eigenvalue weighted by Gasteiger charge is -2.10. The third-order valence-corrected chi connectivity index (χ3v) is 2.06. The number of halogens is 2. The molecule has 0 aliphatic rings. The van der Waals surface area contributed by atoms with E-state index in [0.717, 1.165) is 0 Å². The molecular formula is C8H9Cl2NO2. The van der Waals surface area contributed by atoms with Gasteiger partial charge in [0.2, 0.25) is 5.88 Å². The SMILES string of the molecule is COc1nc(Cl)ccc1C(O)CCl. The van der Waals surface area contributed by atoms with Crippen LogP contribution in [-0.4, -0.2) is 23.1 Å². The average Bonchev–Trinajstić information content (AvgIpc) is 2.16. The van der Waals surface area contributed by atoms with Gasteiger partial charge in [-0.2, -0.15) is 0 Å². The summed E-state index contributed by atoms with van der Waals surface area (Å²) in [6.45, 7) is 0. The minimum Gasteiger partial charge on any atom is -0.481 e. The molecule has 0 saturated heterocycles. The summed E-state index contributed by atoms with van der Waals surface area (Å²) >= 11 is 11.1. The Labute approximate surface area is 86.3 Å². The molecule has 5 heteroatoms. The summed E-state index contributed by atoms with van der Waals surface area (Å²) in [7, 11) is 1.46. The second-order valence-electron chi connectivity index (χ2n) is 2.40. The summed E-state index contributed by atoms with van der Waals surface area (Å²) in [4.78, 5) is 3.89. The van der Waals surface area contributed by atoms with Gasteiger partial charge in [-0.15, -0.1) is 11.6 Å². The molecule has 0 radical (unpaired) electrons. The Morgan fingerprint density at radius 1 is 1.62 bits per heavy atom. The standard InChI is InChI=1S/C8H9Cl2NO2/c1-13-8-5(6(12)4-9)2-3-7(10)11-8/h2-3,6,12H,4H2,1H3. The monoisotopic (exact) mass is 221 g/mol. The normalized spacial score (nSPS) is 12.6. The van der Waals surface area contributed by atoms with Gasteiger partial charge >= 0.3 is 0 Å². The van der Waals surface area contributed by atoms with Gasteiger partial charge in [-0.1, -0.05) is 11.6 Å². The van der Waals surface area contributed by atoms with Gasteiger partial charge in [-0.25, -0.2) is 4.98 Å². The summed E-state index contributed by atoms with van der Waals surface area (Å²) in [6, 6.07) is 3.22. The number of pyridine rings is 1. The van der Waals surface area contributed by atoms with Gasteiger partial charge in [0, 0.05) is 5.56 Å². The molecule has 3 nitrogen and oxygen atoms in total. The van der Waals surface area contributed by atoms with Crippen LogP contribution in [0.15, 0.2) is 12.1 Å². The molecule has 72 valence electrons. The summed E-state index contributed by atoms with van der Waals surface area (Å²) < 4.78 is 4.93. The van der Waals surface area contributed by atoms with Gasteiger partial charge in [0.05, 0.1) is 19.1 Å². The highest BCUT2D eigenvalue weighted by Crippen LogP contribution is 2.25. The van der Waals surface area contributed by atoms with Crippen LogP contribution in [0.3, 0.4) is 0 Å². The number of aromatic nitrogens is 1. The second-order valence-corrected chi connectivity index (χ2v) is 3.10. The van der Waals surface area contributed by atoms with Crippen molar-refractivity contribution in [2.45, 2.75) is 6.10 Å². The number of alkyl halides is 1. The maximum absolute atomic E-state index is 9.44. The van der Waals surface area contributed by atoms with Crippen LogP contribution in [0.5, 0.6) is 5.88 Å². The first-order valence-electron chi connectivity index (χ1n) is 3.63. The third kappa shape index (κ3) is 2.46. The molecule has 0 amide bonds. The summed E-state index contributed by atoms with van der Waals surface area (Å²) in [5.41, 5.74) is 0.543. The lowest BCUT2D eigenvalue weighted by molar-refractivity contribution is 0.196. The van der Waals surface area contributed by atoms with Crippen LogP contribution in [0.2, 0.25) is 5.15 Å². The van der Waals surface area contributed by atoms with E-state index in [2.05, 4.69) is 4.98 Å². The molecule has 1 aromatic heterocycles. The molecule has 0 aromatic carbocycles. The molecule has 0 aliphatic heterocycles. The van der Waals surface area contributed by atoms with Crippen molar-refractivity contribution in [2.24, 2.45) is 0 Å². The van der Waals surface area contributed by atoms with Crippen LogP contribution in [0, 0.1) is 0 Å². The number of aliphatic hydroxyl groups excluding tert-OH is 1. The number of methoxy groups -OCH3 is 1. The van der Waals surface area contributed by atoms with E-state index >= 15 is 0 Å². The van der Waals surface area contributed by atoms with E-state index in [9.17, 15) is 5.11 Å². The van der Waals surface area contributed by atoms with E-state index in [1.165, 1.54) is 7.11 Å². The van der Waals surface area contributed by atoms with Gasteiger partial charge in [-0.05, 0) is 12.1 Å². The maximum Gasteiger partial charge on any atom is 0.220 e. The zero-order chi connectivity index (χ0) is 9.84. The minimum atomic E-state index is -0.776. The van der Waals surface area contributed by atoms with Crippen LogP contribution in [-0.2, 0) is 0 Å². The van der Waals surface area contributed by atoms with Crippen molar-refractivity contribution >= 4 is 23.2 Å². The van der Waals surface area contributed by atoms with Crippen LogP contribution >= 0.6 is 23.2 Å². The molecule has 0 fully saturated rings. The first-order chi connectivity index (χ1) is 6.19. The predicted molar refractivity (Wildman–Crippen MR) is 51.5 cm³/mol. The maximum atomic E-state index is 9.44. The highest BCUT2D eigenvalue weighted by Gasteiger charge is 2.13. The molecule has 1 heterocycles. The number of nitrogens with zero attached hydrogens (tertiary/aromatic N) is 1. The third-order valence-electron chi connectivity index (χ3n) is 1.55. The van der Waals surface area contributed by atoms with Gasteiger partial charge in [0.1, 0.15) is 5.15 Å². The van der Waals surface area contributed by atoms with Crippen molar-refractivity contribution in [3.63, 3.8) is 0 Å². The van der Waals surface area contributed by atoms with Crippen LogP contribution in [0.1, 0.15) is 11.7 Å². The first kappa shape index (κ1) is 10.6. The van der Waals surface area contributed by atoms with Crippen molar-refractivity contribution in [1.29, 1.82) is 0 Å². The molecule has 1 unspecified atom stereocenters. The Kier molecular flexibility index (Phi) is 3.78. The van der Waals surface area contributed by atoms with E-state index < -0.39 is 6.10 Å². The van der Waals surface area contributed by atoms with E-state index in [1.807, 2.05) is 0 Å². The van der Waals surface area contributed by atoms with Crippen molar-refractivity contribution in [2.75, 3.05) is 13.0 Å². The molecule has 0 spiro atoms. The molecule has 1 N–H and O–H groups in total. The lowest BCUT2D eigenvalue weighted by atomic mass is 10.2. The molecule has 1 atom stereocenters. The number of rotatable bonds is 3. The molecule has 0 aliphatic carbocycles. The summed E-state index contributed by atoms with van der Waals surface area (Å²) in [5.74, 6) is 0.403. The van der Waals surface area contributed by atoms with Crippen molar-refractivity contribution in [3.8, 4) is 5.88 Å². The quantitative estimate of drug-likeness (QED) is 0.628. The second kappa shape index (κ2) is 4.65. The first-order valence-corrected chi connectivity index (χ1v) is 4.54. The van der Waals surface area contributed by atoms with Gasteiger partial charge in [0.15, 0.2) is 0 Å². The zero-order valence-corrected chi connectivity index (χ0v) is 8.51. The van der Waals surface area contributed by atoms with E-state index in [0.29, 0.717) is 16.6 Å². The van der Waals surface area contributed by atoms with Crippen LogP contribution in [0.25, 0.3) is 0 Å². The highest BCUT2D eigenvalue weighted by molar-refractivity contribution is 6.29. The Hall–Kier alpha value is -0.510. The Morgan fingerprint density at radius 3 is 2.85 bits per heavy atom. The number of hydrogen-bond donors (Lipinski definition) is 1. The van der Waals surface area contributed by atoms with E-state index in [-0.39, 0.29) is 5.88 Å². The predicted octanol–water partition coefficient (Wildman–Crippen LogP) is 2.02. The van der Waals surface area contributed by atoms with Crippen LogP contribution < -0.4 is 4.74 Å². The van der Waals surface area contributed by atoms with Gasteiger partial charge in [-0.3, -0.25) is 0 Å². The number of hydrogen-bond acceptors (Lipinski definition) is 3. The highest BCUT2D eigenvalue weighted by atomic mass is 35.5. The van der Waals surface area contributed by atoms with Crippen LogP contribution in [0.4, 0.5) is 0 Å². The van der Waals surface area contributed by atoms with Crippen molar-refractivity contribution < 1.29 is 9.84 Å². The largest absolute Gasteiger partial charge is 0.481 e.